The average molecular weight is 266 g/mol. The van der Waals surface area contributed by atoms with Crippen LogP contribution < -0.4 is 5.73 Å². The lowest BCUT2D eigenvalue weighted by molar-refractivity contribution is 0.628. The number of rotatable bonds is 1. The van der Waals surface area contributed by atoms with Crippen LogP contribution in [0.4, 0.5) is 4.39 Å². The van der Waals surface area contributed by atoms with Gasteiger partial charge in [0.15, 0.2) is 0 Å². The van der Waals surface area contributed by atoms with E-state index in [1.807, 2.05) is 18.2 Å². The number of aromatic nitrogens is 1. The normalized spacial score (nSPS) is 17.6. The highest BCUT2D eigenvalue weighted by molar-refractivity contribution is 5.94. The molecule has 2 nitrogen and oxygen atoms in total. The molecule has 0 bridgehead atoms. The fourth-order valence-corrected chi connectivity index (χ4v) is 3.22. The minimum absolute atomic E-state index is 0.114. The second kappa shape index (κ2) is 4.18. The fourth-order valence-electron chi connectivity index (χ4n) is 3.22. The molecule has 2 aromatic carbocycles. The second-order valence-corrected chi connectivity index (χ2v) is 5.40. The number of benzene rings is 2. The van der Waals surface area contributed by atoms with Crippen molar-refractivity contribution in [1.82, 2.24) is 4.98 Å². The fraction of sp³-hybridized carbons (Fsp3) is 0.176. The molecule has 3 aromatic rings. The van der Waals surface area contributed by atoms with E-state index in [9.17, 15) is 4.39 Å². The van der Waals surface area contributed by atoms with E-state index in [-0.39, 0.29) is 11.9 Å². The van der Waals surface area contributed by atoms with Crippen molar-refractivity contribution < 1.29 is 4.39 Å². The lowest BCUT2D eigenvalue weighted by atomic mass is 9.87. The van der Waals surface area contributed by atoms with E-state index in [4.69, 9.17) is 5.73 Å². The predicted octanol–water partition coefficient (Wildman–Crippen LogP) is 3.92. The Morgan fingerprint density at radius 2 is 1.90 bits per heavy atom. The van der Waals surface area contributed by atoms with Crippen LogP contribution in [-0.2, 0) is 6.42 Å². The molecule has 1 heterocycles. The Balaban J connectivity index is 2.01. The van der Waals surface area contributed by atoms with E-state index in [1.165, 1.54) is 28.6 Å². The highest BCUT2D eigenvalue weighted by atomic mass is 19.1. The smallest absolute Gasteiger partial charge is 0.123 e. The minimum atomic E-state index is -0.207. The maximum atomic E-state index is 13.1. The summed E-state index contributed by atoms with van der Waals surface area (Å²) in [6, 6.07) is 13.0. The number of aryl methyl sites for hydroxylation is 1. The van der Waals surface area contributed by atoms with Gasteiger partial charge in [0.05, 0.1) is 0 Å². The molecule has 0 amide bonds. The molecule has 0 saturated heterocycles. The van der Waals surface area contributed by atoms with Crippen molar-refractivity contribution in [2.24, 2.45) is 5.73 Å². The highest BCUT2D eigenvalue weighted by Crippen LogP contribution is 2.39. The number of hydrogen-bond acceptors (Lipinski definition) is 1. The van der Waals surface area contributed by atoms with Crippen molar-refractivity contribution in [2.45, 2.75) is 18.9 Å². The van der Waals surface area contributed by atoms with Crippen molar-refractivity contribution in [1.29, 1.82) is 0 Å². The number of H-pyrrole nitrogens is 1. The Bertz CT molecular complexity index is 787. The molecule has 1 unspecified atom stereocenters. The van der Waals surface area contributed by atoms with Crippen LogP contribution in [0.1, 0.15) is 23.6 Å². The third-order valence-corrected chi connectivity index (χ3v) is 4.20. The number of nitrogens with one attached hydrogen (secondary N) is 1. The zero-order valence-corrected chi connectivity index (χ0v) is 11.0. The van der Waals surface area contributed by atoms with Crippen LogP contribution in [0.15, 0.2) is 42.5 Å². The zero-order valence-electron chi connectivity index (χ0n) is 11.0. The van der Waals surface area contributed by atoms with E-state index < -0.39 is 0 Å². The summed E-state index contributed by atoms with van der Waals surface area (Å²) in [5, 5.41) is 1.26. The molecule has 0 fully saturated rings. The first kappa shape index (κ1) is 11.7. The van der Waals surface area contributed by atoms with Gasteiger partial charge in [0, 0.05) is 22.6 Å². The monoisotopic (exact) mass is 266 g/mol. The van der Waals surface area contributed by atoms with Crippen molar-refractivity contribution in [3.63, 3.8) is 0 Å². The standard InChI is InChI=1S/C17H15FN2/c18-11-6-4-10(5-7-11)17-13-8-9-14(19)12-2-1-3-15(20-17)16(12)13/h1-7,14,20H,8-9,19H2. The van der Waals surface area contributed by atoms with Gasteiger partial charge in [-0.1, -0.05) is 12.1 Å². The van der Waals surface area contributed by atoms with Gasteiger partial charge in [-0.3, -0.25) is 0 Å². The topological polar surface area (TPSA) is 41.8 Å². The van der Waals surface area contributed by atoms with Crippen LogP contribution in [0.5, 0.6) is 0 Å². The minimum Gasteiger partial charge on any atom is -0.354 e. The van der Waals surface area contributed by atoms with E-state index >= 15 is 0 Å². The molecule has 20 heavy (non-hydrogen) atoms. The molecule has 100 valence electrons. The lowest BCUT2D eigenvalue weighted by Crippen LogP contribution is -2.15. The van der Waals surface area contributed by atoms with Gasteiger partial charge in [0.2, 0.25) is 0 Å². The van der Waals surface area contributed by atoms with Crippen molar-refractivity contribution >= 4 is 10.9 Å². The van der Waals surface area contributed by atoms with Crippen molar-refractivity contribution in [2.75, 3.05) is 0 Å². The van der Waals surface area contributed by atoms with E-state index in [1.54, 1.807) is 0 Å². The first-order valence-corrected chi connectivity index (χ1v) is 6.89. The van der Waals surface area contributed by atoms with Crippen LogP contribution in [0.3, 0.4) is 0 Å². The van der Waals surface area contributed by atoms with Crippen LogP contribution >= 0.6 is 0 Å². The number of hydrogen-bond donors (Lipinski definition) is 2. The summed E-state index contributed by atoms with van der Waals surface area (Å²) in [6.45, 7) is 0. The van der Waals surface area contributed by atoms with Crippen molar-refractivity contribution in [3.05, 3.63) is 59.4 Å². The third kappa shape index (κ3) is 1.60. The molecule has 1 aliphatic rings. The van der Waals surface area contributed by atoms with E-state index in [2.05, 4.69) is 17.1 Å². The highest BCUT2D eigenvalue weighted by Gasteiger charge is 2.23. The number of halogens is 1. The Labute approximate surface area is 116 Å². The zero-order chi connectivity index (χ0) is 13.7. The van der Waals surface area contributed by atoms with Crippen LogP contribution in [0.25, 0.3) is 22.2 Å². The molecule has 4 rings (SSSR count). The van der Waals surface area contributed by atoms with Gasteiger partial charge < -0.3 is 10.7 Å². The van der Waals surface area contributed by atoms with Crippen molar-refractivity contribution in [3.8, 4) is 11.3 Å². The average Bonchev–Trinajstić information content (AvgIpc) is 2.84. The van der Waals surface area contributed by atoms with Gasteiger partial charge in [0.1, 0.15) is 5.82 Å². The Morgan fingerprint density at radius 1 is 1.10 bits per heavy atom. The molecular weight excluding hydrogens is 251 g/mol. The maximum Gasteiger partial charge on any atom is 0.123 e. The summed E-state index contributed by atoms with van der Waals surface area (Å²) in [5.74, 6) is -0.207. The Kier molecular flexibility index (Phi) is 2.44. The molecule has 1 aromatic heterocycles. The molecule has 1 aliphatic carbocycles. The SMILES string of the molecule is NC1CCc2c(-c3ccc(F)cc3)[nH]c3cccc1c23. The summed E-state index contributed by atoms with van der Waals surface area (Å²) >= 11 is 0. The van der Waals surface area contributed by atoms with Crippen LogP contribution in [-0.4, -0.2) is 4.98 Å². The maximum absolute atomic E-state index is 13.1. The summed E-state index contributed by atoms with van der Waals surface area (Å²) < 4.78 is 13.1. The van der Waals surface area contributed by atoms with E-state index in [0.717, 1.165) is 29.6 Å². The summed E-state index contributed by atoms with van der Waals surface area (Å²) in [5.41, 5.74) is 12.0. The van der Waals surface area contributed by atoms with Crippen LogP contribution in [0, 0.1) is 5.82 Å². The number of aromatic amines is 1. The third-order valence-electron chi connectivity index (χ3n) is 4.20. The first-order chi connectivity index (χ1) is 9.74. The molecule has 3 N–H and O–H groups in total. The van der Waals surface area contributed by atoms with Gasteiger partial charge in [-0.2, -0.15) is 0 Å². The summed E-state index contributed by atoms with van der Waals surface area (Å²) in [7, 11) is 0. The first-order valence-electron chi connectivity index (χ1n) is 6.89. The molecule has 0 aliphatic heterocycles. The molecule has 0 radical (unpaired) electrons. The van der Waals surface area contributed by atoms with Crippen LogP contribution in [0.2, 0.25) is 0 Å². The predicted molar refractivity (Wildman–Crippen MR) is 78.9 cm³/mol. The lowest BCUT2D eigenvalue weighted by Gasteiger charge is -2.20. The van der Waals surface area contributed by atoms with Gasteiger partial charge in [0.25, 0.3) is 0 Å². The quantitative estimate of drug-likeness (QED) is 0.688. The largest absolute Gasteiger partial charge is 0.354 e. The van der Waals surface area contributed by atoms with Gasteiger partial charge in [-0.25, -0.2) is 4.39 Å². The molecule has 0 spiro atoms. The summed E-state index contributed by atoms with van der Waals surface area (Å²) in [4.78, 5) is 3.47. The molecule has 3 heteroatoms. The second-order valence-electron chi connectivity index (χ2n) is 5.40. The molecular formula is C17H15FN2. The number of nitrogens with two attached hydrogens (primary N) is 1. The van der Waals surface area contributed by atoms with Gasteiger partial charge in [-0.05, 0) is 59.9 Å². The summed E-state index contributed by atoms with van der Waals surface area (Å²) in [6.07, 6.45) is 1.92. The molecule has 1 atom stereocenters. The molecule has 0 saturated carbocycles. The van der Waals surface area contributed by atoms with E-state index in [0.29, 0.717) is 0 Å². The Hall–Kier alpha value is -2.13. The Morgan fingerprint density at radius 3 is 2.70 bits per heavy atom. The van der Waals surface area contributed by atoms with Gasteiger partial charge >= 0.3 is 0 Å². The van der Waals surface area contributed by atoms with Gasteiger partial charge in [-0.15, -0.1) is 0 Å².